The number of rotatable bonds is 4. The topological polar surface area (TPSA) is 26.3 Å². The van der Waals surface area contributed by atoms with Crippen LogP contribution in [0, 0.1) is 0 Å². The van der Waals surface area contributed by atoms with Gasteiger partial charge in [0, 0.05) is 5.56 Å². The molecule has 2 heteroatoms. The smallest absolute Gasteiger partial charge is 0.130 e. The Morgan fingerprint density at radius 3 is 2.71 bits per heavy atom. The minimum Gasteiger partial charge on any atom is -0.494 e. The highest BCUT2D eigenvalue weighted by atomic mass is 16.5. The van der Waals surface area contributed by atoms with E-state index in [-0.39, 0.29) is 5.41 Å². The highest BCUT2D eigenvalue weighted by Crippen LogP contribution is 2.49. The molecule has 0 unspecified atom stereocenters. The van der Waals surface area contributed by atoms with Crippen LogP contribution in [0.2, 0.25) is 0 Å². The van der Waals surface area contributed by atoms with Gasteiger partial charge in [-0.05, 0) is 25.8 Å². The van der Waals surface area contributed by atoms with E-state index in [4.69, 9.17) is 4.74 Å². The summed E-state index contributed by atoms with van der Waals surface area (Å²) in [6.07, 6.45) is 2.98. The zero-order chi connectivity index (χ0) is 10.0. The standard InChI is InChI=1S/C12H14O2/c1-2-14-11-6-4-3-5-10(11)12(9-13)7-8-12/h3-6,9H,2,7-8H2,1H3. The molecular weight excluding hydrogens is 176 g/mol. The lowest BCUT2D eigenvalue weighted by molar-refractivity contribution is -0.109. The van der Waals surface area contributed by atoms with Crippen LogP contribution in [0.1, 0.15) is 25.3 Å². The molecule has 1 aromatic carbocycles. The van der Waals surface area contributed by atoms with E-state index in [9.17, 15) is 4.79 Å². The van der Waals surface area contributed by atoms with Crippen LogP contribution in [0.15, 0.2) is 24.3 Å². The third-order valence-electron chi connectivity index (χ3n) is 2.74. The molecule has 0 heterocycles. The second-order valence-electron chi connectivity index (χ2n) is 3.70. The van der Waals surface area contributed by atoms with Crippen molar-refractivity contribution in [1.29, 1.82) is 0 Å². The van der Waals surface area contributed by atoms with Crippen LogP contribution in [0.5, 0.6) is 5.75 Å². The van der Waals surface area contributed by atoms with Gasteiger partial charge in [0.05, 0.1) is 12.0 Å². The van der Waals surface area contributed by atoms with Crippen molar-refractivity contribution in [2.24, 2.45) is 0 Å². The number of carbonyl (C=O) groups excluding carboxylic acids is 1. The fourth-order valence-electron chi connectivity index (χ4n) is 1.74. The summed E-state index contributed by atoms with van der Waals surface area (Å²) in [6, 6.07) is 7.82. The third-order valence-corrected chi connectivity index (χ3v) is 2.74. The first-order chi connectivity index (χ1) is 6.82. The minimum atomic E-state index is -0.230. The first-order valence-electron chi connectivity index (χ1n) is 5.01. The average molecular weight is 190 g/mol. The van der Waals surface area contributed by atoms with Gasteiger partial charge in [0.1, 0.15) is 12.0 Å². The van der Waals surface area contributed by atoms with Gasteiger partial charge in [-0.15, -0.1) is 0 Å². The molecule has 0 amide bonds. The predicted molar refractivity (Wildman–Crippen MR) is 54.6 cm³/mol. The van der Waals surface area contributed by atoms with Crippen LogP contribution in [0.3, 0.4) is 0 Å². The van der Waals surface area contributed by atoms with E-state index in [1.54, 1.807) is 0 Å². The fraction of sp³-hybridized carbons (Fsp3) is 0.417. The van der Waals surface area contributed by atoms with E-state index in [0.29, 0.717) is 6.61 Å². The van der Waals surface area contributed by atoms with Crippen LogP contribution >= 0.6 is 0 Å². The lowest BCUT2D eigenvalue weighted by Crippen LogP contribution is -2.10. The highest BCUT2D eigenvalue weighted by Gasteiger charge is 2.46. The number of hydrogen-bond donors (Lipinski definition) is 0. The summed E-state index contributed by atoms with van der Waals surface area (Å²) < 4.78 is 5.51. The molecule has 0 spiro atoms. The van der Waals surface area contributed by atoms with Crippen molar-refractivity contribution in [2.45, 2.75) is 25.2 Å². The van der Waals surface area contributed by atoms with Gasteiger partial charge < -0.3 is 9.53 Å². The van der Waals surface area contributed by atoms with Crippen molar-refractivity contribution in [3.63, 3.8) is 0 Å². The Hall–Kier alpha value is -1.31. The molecule has 0 N–H and O–H groups in total. The summed E-state index contributed by atoms with van der Waals surface area (Å²) in [5, 5.41) is 0. The Morgan fingerprint density at radius 1 is 1.43 bits per heavy atom. The molecule has 1 aliphatic rings. The van der Waals surface area contributed by atoms with Crippen LogP contribution < -0.4 is 4.74 Å². The molecular formula is C12H14O2. The molecule has 2 rings (SSSR count). The van der Waals surface area contributed by atoms with Gasteiger partial charge in [-0.3, -0.25) is 0 Å². The maximum Gasteiger partial charge on any atom is 0.130 e. The molecule has 0 radical (unpaired) electrons. The lowest BCUT2D eigenvalue weighted by Gasteiger charge is -2.13. The van der Waals surface area contributed by atoms with Crippen molar-refractivity contribution in [3.05, 3.63) is 29.8 Å². The molecule has 2 nitrogen and oxygen atoms in total. The average Bonchev–Trinajstić information content (AvgIpc) is 3.00. The van der Waals surface area contributed by atoms with Gasteiger partial charge >= 0.3 is 0 Å². The van der Waals surface area contributed by atoms with Crippen molar-refractivity contribution in [2.75, 3.05) is 6.61 Å². The summed E-state index contributed by atoms with van der Waals surface area (Å²) in [4.78, 5) is 11.0. The molecule has 1 saturated carbocycles. The molecule has 0 saturated heterocycles. The number of aldehydes is 1. The third kappa shape index (κ3) is 1.41. The highest BCUT2D eigenvalue weighted by molar-refractivity contribution is 5.74. The van der Waals surface area contributed by atoms with E-state index in [1.165, 1.54) is 0 Å². The maximum absolute atomic E-state index is 11.0. The first kappa shape index (κ1) is 9.25. The molecule has 0 atom stereocenters. The Balaban J connectivity index is 2.36. The Morgan fingerprint density at radius 2 is 2.14 bits per heavy atom. The molecule has 74 valence electrons. The normalized spacial score (nSPS) is 17.5. The van der Waals surface area contributed by atoms with Crippen LogP contribution in [-0.2, 0) is 10.2 Å². The summed E-state index contributed by atoms with van der Waals surface area (Å²) in [5.74, 6) is 0.861. The summed E-state index contributed by atoms with van der Waals surface area (Å²) in [6.45, 7) is 2.60. The molecule has 1 aromatic rings. The zero-order valence-electron chi connectivity index (χ0n) is 8.32. The summed E-state index contributed by atoms with van der Waals surface area (Å²) in [5.41, 5.74) is 0.822. The molecule has 0 aliphatic heterocycles. The maximum atomic E-state index is 11.0. The minimum absolute atomic E-state index is 0.230. The van der Waals surface area contributed by atoms with Gasteiger partial charge in [0.2, 0.25) is 0 Å². The largest absolute Gasteiger partial charge is 0.494 e. The van der Waals surface area contributed by atoms with Crippen LogP contribution in [-0.4, -0.2) is 12.9 Å². The molecule has 0 bridgehead atoms. The zero-order valence-corrected chi connectivity index (χ0v) is 8.32. The van der Waals surface area contributed by atoms with Crippen molar-refractivity contribution in [1.82, 2.24) is 0 Å². The van der Waals surface area contributed by atoms with Crippen LogP contribution in [0.4, 0.5) is 0 Å². The van der Waals surface area contributed by atoms with Crippen molar-refractivity contribution < 1.29 is 9.53 Å². The van der Waals surface area contributed by atoms with Crippen molar-refractivity contribution >= 4 is 6.29 Å². The summed E-state index contributed by atoms with van der Waals surface area (Å²) >= 11 is 0. The molecule has 1 aliphatic carbocycles. The summed E-state index contributed by atoms with van der Waals surface area (Å²) in [7, 11) is 0. The molecule has 0 aromatic heterocycles. The number of hydrogen-bond acceptors (Lipinski definition) is 2. The monoisotopic (exact) mass is 190 g/mol. The number of benzene rings is 1. The Kier molecular flexibility index (Phi) is 2.28. The van der Waals surface area contributed by atoms with E-state index in [1.807, 2.05) is 31.2 Å². The predicted octanol–water partition coefficient (Wildman–Crippen LogP) is 2.32. The van der Waals surface area contributed by atoms with Gasteiger partial charge in [-0.1, -0.05) is 18.2 Å². The molecule has 1 fully saturated rings. The Labute approximate surface area is 83.9 Å². The van der Waals surface area contributed by atoms with E-state index in [2.05, 4.69) is 0 Å². The SMILES string of the molecule is CCOc1ccccc1C1(C=O)CC1. The number of ether oxygens (including phenoxy) is 1. The second-order valence-corrected chi connectivity index (χ2v) is 3.70. The number of carbonyl (C=O) groups is 1. The molecule has 14 heavy (non-hydrogen) atoms. The van der Waals surface area contributed by atoms with Gasteiger partial charge in [-0.2, -0.15) is 0 Å². The Bertz CT molecular complexity index is 340. The lowest BCUT2D eigenvalue weighted by atomic mass is 9.97. The first-order valence-corrected chi connectivity index (χ1v) is 5.01. The van der Waals surface area contributed by atoms with Crippen LogP contribution in [0.25, 0.3) is 0 Å². The van der Waals surface area contributed by atoms with E-state index >= 15 is 0 Å². The number of para-hydroxylation sites is 1. The van der Waals surface area contributed by atoms with Crippen molar-refractivity contribution in [3.8, 4) is 5.75 Å². The van der Waals surface area contributed by atoms with E-state index in [0.717, 1.165) is 30.4 Å². The van der Waals surface area contributed by atoms with Gasteiger partial charge in [0.25, 0.3) is 0 Å². The second kappa shape index (κ2) is 3.45. The fourth-order valence-corrected chi connectivity index (χ4v) is 1.74. The van der Waals surface area contributed by atoms with Gasteiger partial charge in [0.15, 0.2) is 0 Å². The van der Waals surface area contributed by atoms with E-state index < -0.39 is 0 Å². The van der Waals surface area contributed by atoms with Gasteiger partial charge in [-0.25, -0.2) is 0 Å². The quantitative estimate of drug-likeness (QED) is 0.681.